The van der Waals surface area contributed by atoms with Crippen LogP contribution in [0.2, 0.25) is 0 Å². The van der Waals surface area contributed by atoms with E-state index in [4.69, 9.17) is 4.98 Å². The molecule has 33 heavy (non-hydrogen) atoms. The molecule has 6 rings (SSSR count). The number of pyridine rings is 4. The summed E-state index contributed by atoms with van der Waals surface area (Å²) < 4.78 is 0. The van der Waals surface area contributed by atoms with Crippen LogP contribution in [0.1, 0.15) is 0 Å². The first kappa shape index (κ1) is 19.1. The maximum Gasteiger partial charge on any atom is 0.257 e. The lowest BCUT2D eigenvalue weighted by Crippen LogP contribution is -2.10. The summed E-state index contributed by atoms with van der Waals surface area (Å²) in [6, 6.07) is 27.9. The van der Waals surface area contributed by atoms with Crippen molar-refractivity contribution in [2.24, 2.45) is 0 Å². The third-order valence-electron chi connectivity index (χ3n) is 5.76. The lowest BCUT2D eigenvalue weighted by molar-refractivity contribution is 1.23. The minimum absolute atomic E-state index is 0.188. The van der Waals surface area contributed by atoms with Crippen LogP contribution >= 0.6 is 0 Å². The zero-order valence-corrected chi connectivity index (χ0v) is 17.6. The third-order valence-corrected chi connectivity index (χ3v) is 5.76. The number of nitrogens with zero attached hydrogens (tertiary/aromatic N) is 3. The summed E-state index contributed by atoms with van der Waals surface area (Å²) in [5.41, 5.74) is 6.48. The molecule has 0 aliphatic rings. The van der Waals surface area contributed by atoms with Crippen molar-refractivity contribution in [2.75, 3.05) is 0 Å². The van der Waals surface area contributed by atoms with Crippen molar-refractivity contribution in [1.82, 2.24) is 19.9 Å². The van der Waals surface area contributed by atoms with Crippen LogP contribution in [0, 0.1) is 0 Å². The fraction of sp³-hybridized carbons (Fsp3) is 0. The Balaban J connectivity index is 1.64. The minimum atomic E-state index is -0.188. The summed E-state index contributed by atoms with van der Waals surface area (Å²) in [4.78, 5) is 29.3. The first-order valence-electron chi connectivity index (χ1n) is 10.7. The van der Waals surface area contributed by atoms with Crippen LogP contribution in [0.5, 0.6) is 0 Å². The molecule has 0 unspecified atom stereocenters. The van der Waals surface area contributed by atoms with Crippen molar-refractivity contribution in [3.63, 3.8) is 0 Å². The molecule has 5 heteroatoms. The summed E-state index contributed by atoms with van der Waals surface area (Å²) in [7, 11) is 0. The van der Waals surface area contributed by atoms with Crippen LogP contribution < -0.4 is 5.56 Å². The molecule has 0 atom stereocenters. The van der Waals surface area contributed by atoms with E-state index in [0.717, 1.165) is 44.2 Å². The van der Waals surface area contributed by atoms with Crippen molar-refractivity contribution in [2.45, 2.75) is 0 Å². The highest BCUT2D eigenvalue weighted by atomic mass is 16.1. The van der Waals surface area contributed by atoms with Gasteiger partial charge in [-0.15, -0.1) is 0 Å². The molecular formula is C28H18N4O. The van der Waals surface area contributed by atoms with Crippen molar-refractivity contribution < 1.29 is 0 Å². The molecule has 5 nitrogen and oxygen atoms in total. The van der Waals surface area contributed by atoms with Gasteiger partial charge in [0.05, 0.1) is 11.2 Å². The van der Waals surface area contributed by atoms with Gasteiger partial charge in [0.2, 0.25) is 0 Å². The molecule has 0 amide bonds. The lowest BCUT2D eigenvalue weighted by atomic mass is 9.96. The van der Waals surface area contributed by atoms with Crippen molar-refractivity contribution in [3.05, 3.63) is 114 Å². The van der Waals surface area contributed by atoms with Crippen LogP contribution in [0.3, 0.4) is 0 Å². The molecular weight excluding hydrogens is 408 g/mol. The first-order valence-corrected chi connectivity index (χ1v) is 10.7. The van der Waals surface area contributed by atoms with Gasteiger partial charge in [-0.05, 0) is 42.0 Å². The number of H-pyrrole nitrogens is 1. The molecule has 0 saturated carbocycles. The van der Waals surface area contributed by atoms with Crippen LogP contribution in [-0.2, 0) is 0 Å². The molecule has 0 aliphatic carbocycles. The Morgan fingerprint density at radius 1 is 0.667 bits per heavy atom. The molecule has 0 aliphatic heterocycles. The smallest absolute Gasteiger partial charge is 0.257 e. The summed E-state index contributed by atoms with van der Waals surface area (Å²) in [6.45, 7) is 0. The van der Waals surface area contributed by atoms with E-state index in [0.29, 0.717) is 11.2 Å². The molecule has 0 spiro atoms. The molecule has 4 heterocycles. The molecule has 1 N–H and O–H groups in total. The zero-order valence-electron chi connectivity index (χ0n) is 17.6. The van der Waals surface area contributed by atoms with Crippen molar-refractivity contribution in [1.29, 1.82) is 0 Å². The number of hydrogen-bond donors (Lipinski definition) is 1. The van der Waals surface area contributed by atoms with Crippen LogP contribution in [0.4, 0.5) is 0 Å². The number of nitrogens with one attached hydrogen (secondary N) is 1. The molecule has 2 aromatic carbocycles. The predicted molar refractivity (Wildman–Crippen MR) is 132 cm³/mol. The topological polar surface area (TPSA) is 71.5 Å². The van der Waals surface area contributed by atoms with E-state index in [-0.39, 0.29) is 5.56 Å². The minimum Gasteiger partial charge on any atom is -0.306 e. The Kier molecular flexibility index (Phi) is 4.51. The highest BCUT2D eigenvalue weighted by Gasteiger charge is 2.14. The van der Waals surface area contributed by atoms with Gasteiger partial charge < -0.3 is 4.98 Å². The summed E-state index contributed by atoms with van der Waals surface area (Å²) >= 11 is 0. The van der Waals surface area contributed by atoms with E-state index < -0.39 is 0 Å². The maximum atomic E-state index is 12.9. The van der Waals surface area contributed by atoms with E-state index in [9.17, 15) is 4.79 Å². The quantitative estimate of drug-likeness (QED) is 0.384. The first-order chi connectivity index (χ1) is 16.3. The van der Waals surface area contributed by atoms with Gasteiger partial charge in [-0.25, -0.2) is 4.98 Å². The van der Waals surface area contributed by atoms with E-state index in [1.807, 2.05) is 60.7 Å². The molecule has 0 saturated heterocycles. The van der Waals surface area contributed by atoms with Crippen molar-refractivity contribution >= 4 is 21.9 Å². The van der Waals surface area contributed by atoms with Gasteiger partial charge in [-0.1, -0.05) is 48.5 Å². The number of aromatic nitrogens is 4. The summed E-state index contributed by atoms with van der Waals surface area (Å²) in [5, 5.41) is 1.92. The summed E-state index contributed by atoms with van der Waals surface area (Å²) in [6.07, 6.45) is 5.18. The van der Waals surface area contributed by atoms with Crippen LogP contribution in [0.25, 0.3) is 55.4 Å². The number of rotatable bonds is 3. The SMILES string of the molecule is O=c1[nH]c2nc(-c3ccccc3)c(-c3ccc4ncccc4c3)cc2cc1-c1cccnc1. The van der Waals surface area contributed by atoms with Crippen molar-refractivity contribution in [3.8, 4) is 33.5 Å². The second-order valence-electron chi connectivity index (χ2n) is 7.85. The maximum absolute atomic E-state index is 12.9. The Morgan fingerprint density at radius 2 is 1.48 bits per heavy atom. The standard InChI is InChI=1S/C28H18N4O/c33-28-24(21-9-4-12-29-17-21)16-22-15-23(19-10-11-25-20(14-19)8-5-13-30-25)26(31-27(22)32-28)18-6-2-1-3-7-18/h1-17H,(H,31,32,33). The Hall–Kier alpha value is -4.64. The number of hydrogen-bond acceptors (Lipinski definition) is 4. The van der Waals surface area contributed by atoms with Gasteiger partial charge >= 0.3 is 0 Å². The number of fused-ring (bicyclic) bond motifs is 2. The Bertz CT molecular complexity index is 1680. The average Bonchev–Trinajstić information content (AvgIpc) is 2.88. The molecule has 0 fully saturated rings. The average molecular weight is 426 g/mol. The van der Waals surface area contributed by atoms with Gasteiger partial charge in [-0.2, -0.15) is 0 Å². The van der Waals surface area contributed by atoms with Crippen LogP contribution in [-0.4, -0.2) is 19.9 Å². The van der Waals surface area contributed by atoms with E-state index in [2.05, 4.69) is 39.2 Å². The van der Waals surface area contributed by atoms with Gasteiger partial charge in [0, 0.05) is 51.6 Å². The van der Waals surface area contributed by atoms with E-state index in [1.165, 1.54) is 0 Å². The molecule has 156 valence electrons. The van der Waals surface area contributed by atoms with E-state index >= 15 is 0 Å². The van der Waals surface area contributed by atoms with Gasteiger partial charge in [-0.3, -0.25) is 14.8 Å². The fourth-order valence-electron chi connectivity index (χ4n) is 4.15. The second-order valence-corrected chi connectivity index (χ2v) is 7.85. The van der Waals surface area contributed by atoms with Gasteiger partial charge in [0.25, 0.3) is 5.56 Å². The molecule has 4 aromatic heterocycles. The number of benzene rings is 2. The normalized spacial score (nSPS) is 11.2. The summed E-state index contributed by atoms with van der Waals surface area (Å²) in [5.74, 6) is 0. The highest BCUT2D eigenvalue weighted by Crippen LogP contribution is 2.34. The van der Waals surface area contributed by atoms with Gasteiger partial charge in [0.1, 0.15) is 5.65 Å². The van der Waals surface area contributed by atoms with E-state index in [1.54, 1.807) is 18.6 Å². The molecule has 6 aromatic rings. The monoisotopic (exact) mass is 426 g/mol. The van der Waals surface area contributed by atoms with Crippen LogP contribution in [0.15, 0.2) is 108 Å². The lowest BCUT2D eigenvalue weighted by Gasteiger charge is -2.13. The third kappa shape index (κ3) is 3.46. The highest BCUT2D eigenvalue weighted by molar-refractivity contribution is 5.94. The molecule has 0 bridgehead atoms. The second kappa shape index (κ2) is 7.80. The largest absolute Gasteiger partial charge is 0.306 e. The fourth-order valence-corrected chi connectivity index (χ4v) is 4.15. The van der Waals surface area contributed by atoms with Gasteiger partial charge in [0.15, 0.2) is 0 Å². The predicted octanol–water partition coefficient (Wildman–Crippen LogP) is 5.87. The zero-order chi connectivity index (χ0) is 22.2. The Morgan fingerprint density at radius 3 is 2.33 bits per heavy atom. The Labute approximate surface area is 189 Å². The molecule has 0 radical (unpaired) electrons. The number of aromatic amines is 1.